The quantitative estimate of drug-likeness (QED) is 0.681. The predicted octanol–water partition coefficient (Wildman–Crippen LogP) is 3.84. The van der Waals surface area contributed by atoms with Crippen LogP contribution in [0.15, 0.2) is 46.9 Å². The second kappa shape index (κ2) is 6.17. The average Bonchev–Trinajstić information content (AvgIpc) is 2.46. The maximum absolute atomic E-state index is 11.0. The number of rotatable bonds is 4. The van der Waals surface area contributed by atoms with Gasteiger partial charge in [-0.05, 0) is 23.8 Å². The normalized spacial score (nSPS) is 9.80. The summed E-state index contributed by atoms with van der Waals surface area (Å²) in [6, 6.07) is 13.9. The predicted molar refractivity (Wildman–Crippen MR) is 79.3 cm³/mol. The Kier molecular flexibility index (Phi) is 4.33. The van der Waals surface area contributed by atoms with Crippen molar-refractivity contribution >= 4 is 27.3 Å². The second-order valence-electron chi connectivity index (χ2n) is 4.05. The summed E-state index contributed by atoms with van der Waals surface area (Å²) in [6.45, 7) is 0.453. The van der Waals surface area contributed by atoms with E-state index < -0.39 is 4.92 Å². The highest BCUT2D eigenvalue weighted by Gasteiger charge is 2.14. The highest BCUT2D eigenvalue weighted by Crippen LogP contribution is 2.26. The van der Waals surface area contributed by atoms with Gasteiger partial charge in [-0.2, -0.15) is 5.26 Å². The minimum absolute atomic E-state index is 0.101. The van der Waals surface area contributed by atoms with Crippen LogP contribution in [0.25, 0.3) is 0 Å². The first kappa shape index (κ1) is 14.0. The van der Waals surface area contributed by atoms with Crippen molar-refractivity contribution < 1.29 is 4.92 Å². The molecule has 20 heavy (non-hydrogen) atoms. The van der Waals surface area contributed by atoms with Crippen LogP contribution in [0.2, 0.25) is 0 Å². The van der Waals surface area contributed by atoms with Crippen LogP contribution in [0.5, 0.6) is 0 Å². The van der Waals surface area contributed by atoms with Gasteiger partial charge in [-0.1, -0.05) is 34.1 Å². The SMILES string of the molecule is N#Cc1ccc(NCc2ccccc2Br)c([N+](=O)[O-])c1. The van der Waals surface area contributed by atoms with Crippen LogP contribution in [-0.2, 0) is 6.54 Å². The number of nitrogens with zero attached hydrogens (tertiary/aromatic N) is 2. The van der Waals surface area contributed by atoms with Crippen molar-refractivity contribution in [3.05, 3.63) is 68.2 Å². The van der Waals surface area contributed by atoms with Crippen LogP contribution in [-0.4, -0.2) is 4.92 Å². The number of hydrogen-bond donors (Lipinski definition) is 1. The van der Waals surface area contributed by atoms with Gasteiger partial charge in [0.05, 0.1) is 16.6 Å². The van der Waals surface area contributed by atoms with Gasteiger partial charge in [-0.25, -0.2) is 0 Å². The Morgan fingerprint density at radius 3 is 2.70 bits per heavy atom. The summed E-state index contributed by atoms with van der Waals surface area (Å²) in [5.41, 5.74) is 1.55. The maximum Gasteiger partial charge on any atom is 0.293 e. The third kappa shape index (κ3) is 3.13. The molecule has 0 aromatic heterocycles. The fourth-order valence-corrected chi connectivity index (χ4v) is 2.16. The molecule has 1 N–H and O–H groups in total. The number of nitro groups is 1. The van der Waals surface area contributed by atoms with E-state index in [1.54, 1.807) is 12.1 Å². The maximum atomic E-state index is 11.0. The van der Waals surface area contributed by atoms with Gasteiger partial charge >= 0.3 is 0 Å². The summed E-state index contributed by atoms with van der Waals surface area (Å²) in [7, 11) is 0. The van der Waals surface area contributed by atoms with Gasteiger partial charge in [0.15, 0.2) is 0 Å². The molecule has 0 aliphatic heterocycles. The Balaban J connectivity index is 2.24. The zero-order valence-corrected chi connectivity index (χ0v) is 11.9. The van der Waals surface area contributed by atoms with E-state index in [0.717, 1.165) is 10.0 Å². The molecule has 0 saturated heterocycles. The van der Waals surface area contributed by atoms with Crippen molar-refractivity contribution in [2.75, 3.05) is 5.32 Å². The second-order valence-corrected chi connectivity index (χ2v) is 4.90. The number of halogens is 1. The van der Waals surface area contributed by atoms with Gasteiger partial charge in [-0.3, -0.25) is 10.1 Å². The highest BCUT2D eigenvalue weighted by atomic mass is 79.9. The van der Waals surface area contributed by atoms with Gasteiger partial charge in [0.2, 0.25) is 0 Å². The molecule has 5 nitrogen and oxygen atoms in total. The van der Waals surface area contributed by atoms with E-state index in [4.69, 9.17) is 5.26 Å². The summed E-state index contributed by atoms with van der Waals surface area (Å²) in [6.07, 6.45) is 0. The number of nitrogens with one attached hydrogen (secondary N) is 1. The first-order valence-electron chi connectivity index (χ1n) is 5.77. The number of nitro benzene ring substituents is 1. The summed E-state index contributed by atoms with van der Waals surface area (Å²) in [4.78, 5) is 10.5. The number of anilines is 1. The van der Waals surface area contributed by atoms with Crippen LogP contribution < -0.4 is 5.32 Å². The van der Waals surface area contributed by atoms with Crippen LogP contribution in [0.1, 0.15) is 11.1 Å². The summed E-state index contributed by atoms with van der Waals surface area (Å²) < 4.78 is 0.934. The van der Waals surface area contributed by atoms with E-state index in [0.29, 0.717) is 12.2 Å². The lowest BCUT2D eigenvalue weighted by molar-refractivity contribution is -0.384. The monoisotopic (exact) mass is 331 g/mol. The van der Waals surface area contributed by atoms with E-state index in [2.05, 4.69) is 21.2 Å². The van der Waals surface area contributed by atoms with Gasteiger partial charge in [0, 0.05) is 17.1 Å². The molecule has 0 aliphatic carbocycles. The lowest BCUT2D eigenvalue weighted by Gasteiger charge is -2.08. The Morgan fingerprint density at radius 1 is 1.30 bits per heavy atom. The number of nitriles is 1. The van der Waals surface area contributed by atoms with Crippen molar-refractivity contribution in [3.8, 4) is 6.07 Å². The molecule has 0 saturated carbocycles. The Morgan fingerprint density at radius 2 is 2.05 bits per heavy atom. The summed E-state index contributed by atoms with van der Waals surface area (Å²) in [5, 5.41) is 22.8. The van der Waals surface area contributed by atoms with Crippen molar-refractivity contribution in [3.63, 3.8) is 0 Å². The topological polar surface area (TPSA) is 79.0 Å². The average molecular weight is 332 g/mol. The number of benzene rings is 2. The van der Waals surface area contributed by atoms with Gasteiger partial charge < -0.3 is 5.32 Å². The fraction of sp³-hybridized carbons (Fsp3) is 0.0714. The van der Waals surface area contributed by atoms with E-state index in [1.165, 1.54) is 6.07 Å². The Labute approximate surface area is 124 Å². The molecule has 0 spiro atoms. The molecular formula is C14H10BrN3O2. The smallest absolute Gasteiger partial charge is 0.293 e. The third-order valence-electron chi connectivity index (χ3n) is 2.75. The van der Waals surface area contributed by atoms with Crippen LogP contribution in [0.3, 0.4) is 0 Å². The lowest BCUT2D eigenvalue weighted by atomic mass is 10.1. The lowest BCUT2D eigenvalue weighted by Crippen LogP contribution is -2.03. The first-order chi connectivity index (χ1) is 9.61. The van der Waals surface area contributed by atoms with Gasteiger partial charge in [-0.15, -0.1) is 0 Å². The summed E-state index contributed by atoms with van der Waals surface area (Å²) >= 11 is 3.42. The van der Waals surface area contributed by atoms with Crippen LogP contribution in [0.4, 0.5) is 11.4 Å². The minimum Gasteiger partial charge on any atom is -0.375 e. The van der Waals surface area contributed by atoms with E-state index in [1.807, 2.05) is 30.3 Å². The van der Waals surface area contributed by atoms with Crippen LogP contribution >= 0.6 is 15.9 Å². The molecule has 0 bridgehead atoms. The highest BCUT2D eigenvalue weighted by molar-refractivity contribution is 9.10. The molecule has 0 aliphatic rings. The number of hydrogen-bond acceptors (Lipinski definition) is 4. The van der Waals surface area contributed by atoms with Crippen molar-refractivity contribution in [2.45, 2.75) is 6.54 Å². The Bertz CT molecular complexity index is 695. The molecular weight excluding hydrogens is 322 g/mol. The molecule has 0 fully saturated rings. The molecule has 0 heterocycles. The summed E-state index contributed by atoms with van der Waals surface area (Å²) in [5.74, 6) is 0. The van der Waals surface area contributed by atoms with Crippen molar-refractivity contribution in [2.24, 2.45) is 0 Å². The van der Waals surface area contributed by atoms with E-state index in [9.17, 15) is 10.1 Å². The van der Waals surface area contributed by atoms with Crippen molar-refractivity contribution in [1.82, 2.24) is 0 Å². The van der Waals surface area contributed by atoms with Gasteiger partial charge in [0.25, 0.3) is 5.69 Å². The molecule has 0 radical (unpaired) electrons. The third-order valence-corrected chi connectivity index (χ3v) is 3.52. The first-order valence-corrected chi connectivity index (χ1v) is 6.57. The Hall–Kier alpha value is -2.39. The largest absolute Gasteiger partial charge is 0.375 e. The van der Waals surface area contributed by atoms with Crippen LogP contribution in [0, 0.1) is 21.4 Å². The molecule has 0 atom stereocenters. The zero-order chi connectivity index (χ0) is 14.5. The minimum atomic E-state index is -0.497. The zero-order valence-electron chi connectivity index (χ0n) is 10.3. The fourth-order valence-electron chi connectivity index (χ4n) is 1.73. The molecule has 2 aromatic rings. The molecule has 2 aromatic carbocycles. The van der Waals surface area contributed by atoms with Crippen molar-refractivity contribution in [1.29, 1.82) is 5.26 Å². The van der Waals surface area contributed by atoms with E-state index >= 15 is 0 Å². The van der Waals surface area contributed by atoms with E-state index in [-0.39, 0.29) is 11.3 Å². The molecule has 100 valence electrons. The standard InChI is InChI=1S/C14H10BrN3O2/c15-12-4-2-1-3-11(12)9-17-13-6-5-10(8-16)7-14(13)18(19)20/h1-7,17H,9H2. The molecule has 2 rings (SSSR count). The van der Waals surface area contributed by atoms with Gasteiger partial charge in [0.1, 0.15) is 5.69 Å². The molecule has 0 unspecified atom stereocenters. The molecule has 6 heteroatoms. The molecule has 0 amide bonds.